The number of halogens is 2. The molecule has 2 rings (SSSR count). The lowest BCUT2D eigenvalue weighted by molar-refractivity contribution is 0.494. The Morgan fingerprint density at radius 1 is 1.44 bits per heavy atom. The summed E-state index contributed by atoms with van der Waals surface area (Å²) in [4.78, 5) is 8.07. The standard InChI is InChI=1S/C12H18BrN3S.HI/c1-14-12(16-8-2-3-9-16)15-7-6-10-4-5-11(13)17-10;/h4-5H,2-3,6-9H2,1H3,(H,14,15);1H. The van der Waals surface area contributed by atoms with E-state index in [0.29, 0.717) is 0 Å². The van der Waals surface area contributed by atoms with Gasteiger partial charge < -0.3 is 10.2 Å². The lowest BCUT2D eigenvalue weighted by Crippen LogP contribution is -2.40. The van der Waals surface area contributed by atoms with E-state index in [4.69, 9.17) is 0 Å². The normalized spacial score (nSPS) is 15.7. The Kier molecular flexibility index (Phi) is 7.55. The summed E-state index contributed by atoms with van der Waals surface area (Å²) in [5.41, 5.74) is 0. The third-order valence-electron chi connectivity index (χ3n) is 2.90. The lowest BCUT2D eigenvalue weighted by Gasteiger charge is -2.20. The minimum absolute atomic E-state index is 0. The number of guanidine groups is 1. The summed E-state index contributed by atoms with van der Waals surface area (Å²) >= 11 is 5.29. The van der Waals surface area contributed by atoms with Crippen molar-refractivity contribution in [2.75, 3.05) is 26.7 Å². The monoisotopic (exact) mass is 443 g/mol. The highest BCUT2D eigenvalue weighted by molar-refractivity contribution is 14.0. The summed E-state index contributed by atoms with van der Waals surface area (Å²) in [6.07, 6.45) is 3.64. The van der Waals surface area contributed by atoms with E-state index in [1.165, 1.54) is 21.5 Å². The largest absolute Gasteiger partial charge is 0.356 e. The van der Waals surface area contributed by atoms with Crippen molar-refractivity contribution in [2.45, 2.75) is 19.3 Å². The molecule has 1 saturated heterocycles. The molecule has 0 amide bonds. The van der Waals surface area contributed by atoms with Gasteiger partial charge in [-0.1, -0.05) is 0 Å². The van der Waals surface area contributed by atoms with Crippen LogP contribution >= 0.6 is 51.2 Å². The minimum atomic E-state index is 0. The lowest BCUT2D eigenvalue weighted by atomic mass is 10.3. The first kappa shape index (κ1) is 16.2. The maximum absolute atomic E-state index is 4.33. The zero-order chi connectivity index (χ0) is 12.1. The molecule has 0 spiro atoms. The average Bonchev–Trinajstić information content (AvgIpc) is 2.96. The summed E-state index contributed by atoms with van der Waals surface area (Å²) < 4.78 is 1.21. The topological polar surface area (TPSA) is 27.6 Å². The second-order valence-electron chi connectivity index (χ2n) is 4.12. The molecule has 2 heterocycles. The van der Waals surface area contributed by atoms with Gasteiger partial charge in [-0.15, -0.1) is 35.3 Å². The fourth-order valence-electron chi connectivity index (χ4n) is 2.04. The molecule has 0 atom stereocenters. The molecule has 0 radical (unpaired) electrons. The fraction of sp³-hybridized carbons (Fsp3) is 0.583. The van der Waals surface area contributed by atoms with Gasteiger partial charge in [0.25, 0.3) is 0 Å². The van der Waals surface area contributed by atoms with E-state index < -0.39 is 0 Å². The molecule has 1 fully saturated rings. The molecule has 0 unspecified atom stereocenters. The summed E-state index contributed by atoms with van der Waals surface area (Å²) in [7, 11) is 1.86. The molecule has 1 aliphatic rings. The SMILES string of the molecule is CN=C(NCCc1ccc(Br)s1)N1CCCC1.I. The summed E-state index contributed by atoms with van der Waals surface area (Å²) in [6, 6.07) is 4.28. The molecule has 18 heavy (non-hydrogen) atoms. The molecule has 0 bridgehead atoms. The van der Waals surface area contributed by atoms with E-state index >= 15 is 0 Å². The van der Waals surface area contributed by atoms with Crippen molar-refractivity contribution in [2.24, 2.45) is 4.99 Å². The zero-order valence-corrected chi connectivity index (χ0v) is 15.2. The second-order valence-corrected chi connectivity index (χ2v) is 6.67. The van der Waals surface area contributed by atoms with E-state index in [-0.39, 0.29) is 24.0 Å². The van der Waals surface area contributed by atoms with Gasteiger partial charge in [0, 0.05) is 31.6 Å². The summed E-state index contributed by atoms with van der Waals surface area (Å²) in [6.45, 7) is 3.24. The Labute approximate surface area is 138 Å². The highest BCUT2D eigenvalue weighted by Crippen LogP contribution is 2.22. The van der Waals surface area contributed by atoms with Gasteiger partial charge in [-0.2, -0.15) is 0 Å². The van der Waals surface area contributed by atoms with Gasteiger partial charge in [-0.3, -0.25) is 4.99 Å². The molecule has 6 heteroatoms. The molecule has 102 valence electrons. The maximum atomic E-state index is 4.33. The first-order valence-electron chi connectivity index (χ1n) is 5.99. The van der Waals surface area contributed by atoms with Crippen molar-refractivity contribution in [1.29, 1.82) is 0 Å². The predicted octanol–water partition coefficient (Wildman–Crippen LogP) is 3.34. The van der Waals surface area contributed by atoms with Crippen LogP contribution in [0.15, 0.2) is 20.9 Å². The molecule has 0 aliphatic carbocycles. The van der Waals surface area contributed by atoms with Crippen LogP contribution in [0.25, 0.3) is 0 Å². The highest BCUT2D eigenvalue weighted by Gasteiger charge is 2.14. The third-order valence-corrected chi connectivity index (χ3v) is 4.58. The number of nitrogens with zero attached hydrogens (tertiary/aromatic N) is 2. The number of nitrogens with one attached hydrogen (secondary N) is 1. The Bertz CT molecular complexity index is 388. The van der Waals surface area contributed by atoms with Gasteiger partial charge in [0.05, 0.1) is 3.79 Å². The quantitative estimate of drug-likeness (QED) is 0.440. The first-order valence-corrected chi connectivity index (χ1v) is 7.60. The fourth-order valence-corrected chi connectivity index (χ4v) is 3.53. The molecule has 0 aromatic carbocycles. The Morgan fingerprint density at radius 3 is 2.72 bits per heavy atom. The number of hydrogen-bond donors (Lipinski definition) is 1. The number of rotatable bonds is 3. The highest BCUT2D eigenvalue weighted by atomic mass is 127. The van der Waals surface area contributed by atoms with Crippen molar-refractivity contribution in [3.05, 3.63) is 20.8 Å². The Morgan fingerprint density at radius 2 is 2.17 bits per heavy atom. The van der Waals surface area contributed by atoms with Crippen molar-refractivity contribution in [3.8, 4) is 0 Å². The van der Waals surface area contributed by atoms with Crippen LogP contribution in [0, 0.1) is 0 Å². The van der Waals surface area contributed by atoms with Crippen LogP contribution in [0.1, 0.15) is 17.7 Å². The molecule has 0 saturated carbocycles. The molecule has 3 nitrogen and oxygen atoms in total. The smallest absolute Gasteiger partial charge is 0.193 e. The zero-order valence-electron chi connectivity index (χ0n) is 10.5. The molecule has 1 aromatic heterocycles. The van der Waals surface area contributed by atoms with Crippen LogP contribution in [-0.4, -0.2) is 37.5 Å². The predicted molar refractivity (Wildman–Crippen MR) is 93.3 cm³/mol. The second kappa shape index (κ2) is 8.37. The van der Waals surface area contributed by atoms with E-state index in [1.807, 2.05) is 7.05 Å². The Hall–Kier alpha value is 0.180. The Balaban J connectivity index is 0.00000162. The molecular weight excluding hydrogens is 425 g/mol. The van der Waals surface area contributed by atoms with Crippen molar-refractivity contribution < 1.29 is 0 Å². The van der Waals surface area contributed by atoms with Gasteiger partial charge in [-0.25, -0.2) is 0 Å². The van der Waals surface area contributed by atoms with Crippen LogP contribution < -0.4 is 5.32 Å². The third kappa shape index (κ3) is 4.70. The van der Waals surface area contributed by atoms with Crippen molar-refractivity contribution in [3.63, 3.8) is 0 Å². The maximum Gasteiger partial charge on any atom is 0.193 e. The molecule has 1 N–H and O–H groups in total. The van der Waals surface area contributed by atoms with Gasteiger partial charge in [0.1, 0.15) is 0 Å². The first-order chi connectivity index (χ1) is 8.29. The number of thiophene rings is 1. The number of hydrogen-bond acceptors (Lipinski definition) is 2. The van der Waals surface area contributed by atoms with Crippen LogP contribution in [-0.2, 0) is 6.42 Å². The van der Waals surface area contributed by atoms with Crippen LogP contribution in [0.2, 0.25) is 0 Å². The summed E-state index contributed by atoms with van der Waals surface area (Å²) in [5, 5.41) is 3.44. The van der Waals surface area contributed by atoms with Crippen LogP contribution in [0.5, 0.6) is 0 Å². The van der Waals surface area contributed by atoms with Crippen LogP contribution in [0.3, 0.4) is 0 Å². The van der Waals surface area contributed by atoms with Gasteiger partial charge in [0.2, 0.25) is 0 Å². The molecule has 1 aromatic rings. The van der Waals surface area contributed by atoms with E-state index in [2.05, 4.69) is 43.3 Å². The average molecular weight is 444 g/mol. The van der Waals surface area contributed by atoms with Crippen LogP contribution in [0.4, 0.5) is 0 Å². The van der Waals surface area contributed by atoms with Crippen molar-refractivity contribution in [1.82, 2.24) is 10.2 Å². The van der Waals surface area contributed by atoms with Gasteiger partial charge in [-0.05, 0) is 47.3 Å². The molecular formula is C12H19BrIN3S. The van der Waals surface area contributed by atoms with E-state index in [0.717, 1.165) is 32.0 Å². The number of likely N-dealkylation sites (tertiary alicyclic amines) is 1. The van der Waals surface area contributed by atoms with E-state index in [9.17, 15) is 0 Å². The minimum Gasteiger partial charge on any atom is -0.356 e. The van der Waals surface area contributed by atoms with Gasteiger partial charge in [0.15, 0.2) is 5.96 Å². The summed E-state index contributed by atoms with van der Waals surface area (Å²) in [5.74, 6) is 1.05. The molecule has 1 aliphatic heterocycles. The van der Waals surface area contributed by atoms with Crippen molar-refractivity contribution >= 4 is 57.2 Å². The van der Waals surface area contributed by atoms with E-state index in [1.54, 1.807) is 11.3 Å². The number of aliphatic imine (C=N–C) groups is 1. The van der Waals surface area contributed by atoms with Gasteiger partial charge >= 0.3 is 0 Å².